The van der Waals surface area contributed by atoms with Gasteiger partial charge < -0.3 is 10.6 Å². The maximum absolute atomic E-state index is 12.6. The Labute approximate surface area is 118 Å². The van der Waals surface area contributed by atoms with E-state index in [-0.39, 0.29) is 5.91 Å². The maximum Gasteiger partial charge on any atom is 0.266 e. The van der Waals surface area contributed by atoms with E-state index in [4.69, 9.17) is 5.73 Å². The Hall–Kier alpha value is -1.55. The number of carbonyl (C=O) groups is 1. The van der Waals surface area contributed by atoms with Crippen molar-refractivity contribution in [3.8, 4) is 0 Å². The van der Waals surface area contributed by atoms with Gasteiger partial charge >= 0.3 is 0 Å². The summed E-state index contributed by atoms with van der Waals surface area (Å²) in [7, 11) is 0. The van der Waals surface area contributed by atoms with Gasteiger partial charge in [-0.2, -0.15) is 0 Å². The second kappa shape index (κ2) is 6.06. The first-order chi connectivity index (χ1) is 9.19. The quantitative estimate of drug-likeness (QED) is 0.904. The molecule has 0 aliphatic carbocycles. The third kappa shape index (κ3) is 2.73. The molecular formula is C15H20N2OS. The molecule has 1 heterocycles. The Bertz CT molecular complexity index is 571. The molecular weight excluding hydrogens is 256 g/mol. The summed E-state index contributed by atoms with van der Waals surface area (Å²) in [5, 5.41) is 0.990. The van der Waals surface area contributed by atoms with E-state index in [0.717, 1.165) is 36.0 Å². The first-order valence-electron chi connectivity index (χ1n) is 6.75. The van der Waals surface area contributed by atoms with Crippen LogP contribution in [0.2, 0.25) is 0 Å². The van der Waals surface area contributed by atoms with Crippen molar-refractivity contribution in [1.82, 2.24) is 4.90 Å². The maximum atomic E-state index is 12.6. The fraction of sp³-hybridized carbons (Fsp3) is 0.400. The average molecular weight is 276 g/mol. The minimum absolute atomic E-state index is 0.0717. The van der Waals surface area contributed by atoms with Gasteiger partial charge in [0.25, 0.3) is 5.91 Å². The van der Waals surface area contributed by atoms with Gasteiger partial charge in [-0.1, -0.05) is 32.0 Å². The van der Waals surface area contributed by atoms with E-state index in [1.807, 2.05) is 29.2 Å². The van der Waals surface area contributed by atoms with Crippen molar-refractivity contribution >= 4 is 33.0 Å². The summed E-state index contributed by atoms with van der Waals surface area (Å²) in [4.78, 5) is 15.2. The van der Waals surface area contributed by atoms with Crippen LogP contribution in [0.15, 0.2) is 24.3 Å². The summed E-state index contributed by atoms with van der Waals surface area (Å²) in [5.74, 6) is 0.0717. The van der Waals surface area contributed by atoms with Crippen molar-refractivity contribution in [2.75, 3.05) is 18.8 Å². The lowest BCUT2D eigenvalue weighted by Crippen LogP contribution is -2.32. The van der Waals surface area contributed by atoms with Gasteiger partial charge in [-0.25, -0.2) is 0 Å². The molecule has 4 heteroatoms. The molecule has 3 nitrogen and oxygen atoms in total. The fourth-order valence-electron chi connectivity index (χ4n) is 2.22. The van der Waals surface area contributed by atoms with Gasteiger partial charge in [0.1, 0.15) is 4.88 Å². The third-order valence-corrected chi connectivity index (χ3v) is 4.28. The Morgan fingerprint density at radius 1 is 1.21 bits per heavy atom. The molecule has 2 N–H and O–H groups in total. The number of carbonyl (C=O) groups excluding carboxylic acids is 1. The molecule has 2 aromatic rings. The van der Waals surface area contributed by atoms with Crippen LogP contribution in [0.1, 0.15) is 36.4 Å². The first kappa shape index (κ1) is 13.9. The Morgan fingerprint density at radius 2 is 1.84 bits per heavy atom. The first-order valence-corrected chi connectivity index (χ1v) is 7.57. The molecule has 102 valence electrons. The third-order valence-electron chi connectivity index (χ3n) is 3.10. The van der Waals surface area contributed by atoms with Gasteiger partial charge in [-0.05, 0) is 18.9 Å². The van der Waals surface area contributed by atoms with Gasteiger partial charge in [-0.15, -0.1) is 11.3 Å². The highest BCUT2D eigenvalue weighted by Gasteiger charge is 2.20. The van der Waals surface area contributed by atoms with Gasteiger partial charge in [0.15, 0.2) is 0 Å². The van der Waals surface area contributed by atoms with Crippen molar-refractivity contribution in [1.29, 1.82) is 0 Å². The van der Waals surface area contributed by atoms with Gasteiger partial charge in [0, 0.05) is 23.2 Å². The zero-order valence-electron chi connectivity index (χ0n) is 11.5. The van der Waals surface area contributed by atoms with E-state index in [9.17, 15) is 4.79 Å². The predicted molar refractivity (Wildman–Crippen MR) is 82.7 cm³/mol. The molecule has 1 aromatic heterocycles. The van der Waals surface area contributed by atoms with Gasteiger partial charge in [-0.3, -0.25) is 4.79 Å². The molecule has 0 saturated carbocycles. The highest BCUT2D eigenvalue weighted by Crippen LogP contribution is 2.34. The van der Waals surface area contributed by atoms with E-state index in [2.05, 4.69) is 13.8 Å². The number of nitrogens with two attached hydrogens (primary N) is 1. The van der Waals surface area contributed by atoms with Crippen LogP contribution in [0.25, 0.3) is 10.1 Å². The van der Waals surface area contributed by atoms with Gasteiger partial charge in [0.05, 0.1) is 5.69 Å². The molecule has 0 atom stereocenters. The van der Waals surface area contributed by atoms with Crippen LogP contribution in [0.4, 0.5) is 5.69 Å². The lowest BCUT2D eigenvalue weighted by Gasteiger charge is -2.20. The molecule has 0 spiro atoms. The van der Waals surface area contributed by atoms with Crippen molar-refractivity contribution in [2.45, 2.75) is 26.7 Å². The van der Waals surface area contributed by atoms with Crippen molar-refractivity contribution in [3.05, 3.63) is 29.1 Å². The zero-order chi connectivity index (χ0) is 13.8. The fourth-order valence-corrected chi connectivity index (χ4v) is 3.31. The highest BCUT2D eigenvalue weighted by molar-refractivity contribution is 7.21. The lowest BCUT2D eigenvalue weighted by atomic mass is 10.2. The van der Waals surface area contributed by atoms with Crippen LogP contribution in [-0.4, -0.2) is 23.9 Å². The standard InChI is InChI=1S/C15H20N2OS/c1-3-9-17(10-4-2)15(18)14-13(16)11-7-5-6-8-12(11)19-14/h5-8H,3-4,9-10,16H2,1-2H3. The summed E-state index contributed by atoms with van der Waals surface area (Å²) >= 11 is 1.50. The van der Waals surface area contributed by atoms with E-state index < -0.39 is 0 Å². The van der Waals surface area contributed by atoms with E-state index in [1.165, 1.54) is 11.3 Å². The van der Waals surface area contributed by atoms with E-state index >= 15 is 0 Å². The molecule has 2 rings (SSSR count). The predicted octanol–water partition coefficient (Wildman–Crippen LogP) is 3.75. The number of rotatable bonds is 5. The lowest BCUT2D eigenvalue weighted by molar-refractivity contribution is 0.0761. The molecule has 0 aliphatic rings. The number of hydrogen-bond donors (Lipinski definition) is 1. The molecule has 1 aromatic carbocycles. The summed E-state index contributed by atoms with van der Waals surface area (Å²) in [6.07, 6.45) is 1.94. The summed E-state index contributed by atoms with van der Waals surface area (Å²) in [6.45, 7) is 5.76. The molecule has 19 heavy (non-hydrogen) atoms. The molecule has 1 amide bonds. The van der Waals surface area contributed by atoms with Crippen LogP contribution in [0.3, 0.4) is 0 Å². The number of hydrogen-bond acceptors (Lipinski definition) is 3. The number of nitrogens with zero attached hydrogens (tertiary/aromatic N) is 1. The zero-order valence-corrected chi connectivity index (χ0v) is 12.3. The Balaban J connectivity index is 2.37. The Morgan fingerprint density at radius 3 is 2.42 bits per heavy atom. The molecule has 0 bridgehead atoms. The van der Waals surface area contributed by atoms with Crippen LogP contribution in [0.5, 0.6) is 0 Å². The molecule has 0 aliphatic heterocycles. The van der Waals surface area contributed by atoms with E-state index in [1.54, 1.807) is 0 Å². The number of amides is 1. The normalized spacial score (nSPS) is 10.8. The number of nitrogen functional groups attached to an aromatic ring is 1. The molecule has 0 fully saturated rings. The van der Waals surface area contributed by atoms with Crippen LogP contribution in [-0.2, 0) is 0 Å². The average Bonchev–Trinajstić information content (AvgIpc) is 2.76. The van der Waals surface area contributed by atoms with Crippen molar-refractivity contribution in [3.63, 3.8) is 0 Å². The minimum Gasteiger partial charge on any atom is -0.397 e. The summed E-state index contributed by atoms with van der Waals surface area (Å²) < 4.78 is 1.08. The number of benzene rings is 1. The number of anilines is 1. The highest BCUT2D eigenvalue weighted by atomic mass is 32.1. The second-order valence-electron chi connectivity index (χ2n) is 4.63. The molecule has 0 unspecified atom stereocenters. The van der Waals surface area contributed by atoms with Crippen molar-refractivity contribution < 1.29 is 4.79 Å². The number of thiophene rings is 1. The van der Waals surface area contributed by atoms with Crippen molar-refractivity contribution in [2.24, 2.45) is 0 Å². The largest absolute Gasteiger partial charge is 0.397 e. The Kier molecular flexibility index (Phi) is 4.43. The second-order valence-corrected chi connectivity index (χ2v) is 5.69. The van der Waals surface area contributed by atoms with Crippen LogP contribution in [0, 0.1) is 0 Å². The SMILES string of the molecule is CCCN(CCC)C(=O)c1sc2ccccc2c1N. The van der Waals surface area contributed by atoms with Gasteiger partial charge in [0.2, 0.25) is 0 Å². The number of fused-ring (bicyclic) bond motifs is 1. The summed E-state index contributed by atoms with van der Waals surface area (Å²) in [5.41, 5.74) is 6.76. The van der Waals surface area contributed by atoms with Crippen LogP contribution < -0.4 is 5.73 Å². The minimum atomic E-state index is 0.0717. The molecule has 0 radical (unpaired) electrons. The van der Waals surface area contributed by atoms with Crippen LogP contribution >= 0.6 is 11.3 Å². The monoisotopic (exact) mass is 276 g/mol. The smallest absolute Gasteiger partial charge is 0.266 e. The summed E-state index contributed by atoms with van der Waals surface area (Å²) in [6, 6.07) is 7.91. The topological polar surface area (TPSA) is 46.3 Å². The van der Waals surface area contributed by atoms with E-state index in [0.29, 0.717) is 10.6 Å². The molecule has 0 saturated heterocycles.